The summed E-state index contributed by atoms with van der Waals surface area (Å²) in [6, 6.07) is 0. The smallest absolute Gasteiger partial charge is 0.130 e. The van der Waals surface area contributed by atoms with Crippen molar-refractivity contribution in [2.24, 2.45) is 4.51 Å². The molecule has 0 spiro atoms. The Bertz CT molecular complexity index is 81.4. The van der Waals surface area contributed by atoms with Gasteiger partial charge in [0, 0.05) is 25.2 Å². The largest absolute Gasteiger partial charge is 0.309 e. The molecule has 0 saturated heterocycles. The number of halogens is 1. The van der Waals surface area contributed by atoms with Crippen LogP contribution in [0.2, 0.25) is 0 Å². The fourth-order valence-electron chi connectivity index (χ4n) is 0.314. The quantitative estimate of drug-likeness (QED) is 0.332. The van der Waals surface area contributed by atoms with Crippen LogP contribution in [0.1, 0.15) is 13.3 Å². The second kappa shape index (κ2) is 4.87. The van der Waals surface area contributed by atoms with Crippen molar-refractivity contribution in [2.75, 3.05) is 7.05 Å². The van der Waals surface area contributed by atoms with E-state index in [4.69, 9.17) is 11.8 Å². The minimum Gasteiger partial charge on any atom is -0.309 e. The van der Waals surface area contributed by atoms with Gasteiger partial charge >= 0.3 is 0 Å². The molecule has 0 radical (unpaired) electrons. The Balaban J connectivity index is 3.38. The van der Waals surface area contributed by atoms with Crippen LogP contribution in [0.25, 0.3) is 0 Å². The summed E-state index contributed by atoms with van der Waals surface area (Å²) in [5.41, 5.74) is 5.45. The molecule has 0 unspecified atom stereocenters. The monoisotopic (exact) mass is 135 g/mol. The molecule has 0 aromatic rings. The van der Waals surface area contributed by atoms with Crippen LogP contribution in [0.4, 0.5) is 0 Å². The van der Waals surface area contributed by atoms with Crippen molar-refractivity contribution in [3.8, 4) is 0 Å². The van der Waals surface area contributed by atoms with Crippen molar-refractivity contribution in [1.82, 2.24) is 10.9 Å². The van der Waals surface area contributed by atoms with E-state index >= 15 is 0 Å². The minimum absolute atomic E-state index is 0.745. The predicted octanol–water partition coefficient (Wildman–Crippen LogP) is 0.673. The summed E-state index contributed by atoms with van der Waals surface area (Å²) in [5, 5.41) is 0. The van der Waals surface area contributed by atoms with Gasteiger partial charge in [-0.05, 0) is 0 Å². The van der Waals surface area contributed by atoms with Gasteiger partial charge in [-0.3, -0.25) is 0 Å². The van der Waals surface area contributed by atoms with Gasteiger partial charge < -0.3 is 5.43 Å². The van der Waals surface area contributed by atoms with E-state index in [1.54, 1.807) is 7.05 Å². The second-order valence-electron chi connectivity index (χ2n) is 1.26. The van der Waals surface area contributed by atoms with E-state index in [9.17, 15) is 0 Å². The van der Waals surface area contributed by atoms with Crippen LogP contribution in [-0.2, 0) is 0 Å². The summed E-state index contributed by atoms with van der Waals surface area (Å²) in [6.45, 7) is 1.96. The van der Waals surface area contributed by atoms with Crippen LogP contribution in [0, 0.1) is 0 Å². The average molecular weight is 136 g/mol. The average Bonchev–Trinajstić information content (AvgIpc) is 1.83. The number of amidine groups is 1. The topological polar surface area (TPSA) is 36.4 Å². The number of hydrogen-bond donors (Lipinski definition) is 2. The van der Waals surface area contributed by atoms with Gasteiger partial charge in [0.15, 0.2) is 0 Å². The lowest BCUT2D eigenvalue weighted by atomic mass is 10.5. The summed E-state index contributed by atoms with van der Waals surface area (Å²) in [4.78, 5) is 0. The zero-order valence-electron chi connectivity index (χ0n) is 5.03. The first kappa shape index (κ1) is 7.72. The van der Waals surface area contributed by atoms with E-state index < -0.39 is 0 Å². The highest BCUT2D eigenvalue weighted by atomic mass is 35.5. The molecule has 4 heteroatoms. The van der Waals surface area contributed by atoms with Gasteiger partial charge in [-0.2, -0.15) is 4.51 Å². The van der Waals surface area contributed by atoms with Crippen LogP contribution in [-0.4, -0.2) is 12.9 Å². The molecular weight excluding hydrogens is 126 g/mol. The first-order valence-electron chi connectivity index (χ1n) is 2.45. The van der Waals surface area contributed by atoms with Gasteiger partial charge in [-0.15, -0.1) is 0 Å². The molecule has 0 aromatic carbocycles. The summed E-state index contributed by atoms with van der Waals surface area (Å²) >= 11 is 5.13. The Kier molecular flexibility index (Phi) is 4.70. The molecule has 0 fully saturated rings. The third-order valence-corrected chi connectivity index (χ3v) is 0.910. The number of hydrazine groups is 1. The van der Waals surface area contributed by atoms with Gasteiger partial charge in [0.05, 0.1) is 0 Å². The van der Waals surface area contributed by atoms with Gasteiger partial charge in [0.25, 0.3) is 0 Å². The predicted molar refractivity (Wildman–Crippen MR) is 35.8 cm³/mol. The van der Waals surface area contributed by atoms with Crippen LogP contribution >= 0.6 is 11.8 Å². The van der Waals surface area contributed by atoms with Gasteiger partial charge in [0.2, 0.25) is 0 Å². The van der Waals surface area contributed by atoms with Crippen LogP contribution in [0.3, 0.4) is 0 Å². The van der Waals surface area contributed by atoms with Crippen LogP contribution < -0.4 is 10.9 Å². The van der Waals surface area contributed by atoms with E-state index in [1.807, 2.05) is 6.92 Å². The van der Waals surface area contributed by atoms with E-state index in [0.717, 1.165) is 12.3 Å². The van der Waals surface area contributed by atoms with E-state index in [2.05, 4.69) is 15.4 Å². The first-order valence-corrected chi connectivity index (χ1v) is 2.79. The molecule has 0 bridgehead atoms. The number of rotatable bonds is 2. The van der Waals surface area contributed by atoms with Crippen molar-refractivity contribution < 1.29 is 0 Å². The van der Waals surface area contributed by atoms with E-state index in [1.165, 1.54) is 0 Å². The fourth-order valence-corrected chi connectivity index (χ4v) is 0.475. The Labute approximate surface area is 54.2 Å². The van der Waals surface area contributed by atoms with Gasteiger partial charge in [-0.25, -0.2) is 5.43 Å². The highest BCUT2D eigenvalue weighted by Gasteiger charge is 1.87. The van der Waals surface area contributed by atoms with Crippen molar-refractivity contribution in [3.05, 3.63) is 0 Å². The Morgan fingerprint density at radius 1 is 1.75 bits per heavy atom. The van der Waals surface area contributed by atoms with Crippen molar-refractivity contribution in [3.63, 3.8) is 0 Å². The fraction of sp³-hybridized carbons (Fsp3) is 0.750. The maximum atomic E-state index is 5.13. The lowest BCUT2D eigenvalue weighted by Gasteiger charge is -2.01. The second-order valence-corrected chi connectivity index (χ2v) is 1.43. The minimum atomic E-state index is 0.745. The third kappa shape index (κ3) is 2.82. The highest BCUT2D eigenvalue weighted by Crippen LogP contribution is 1.82. The number of hydrogen-bond acceptors (Lipinski definition) is 2. The van der Waals surface area contributed by atoms with E-state index in [-0.39, 0.29) is 0 Å². The molecule has 0 heterocycles. The lowest BCUT2D eigenvalue weighted by molar-refractivity contribution is 0.756. The highest BCUT2D eigenvalue weighted by molar-refractivity contribution is 6.19. The van der Waals surface area contributed by atoms with Crippen molar-refractivity contribution in [1.29, 1.82) is 0 Å². The summed E-state index contributed by atoms with van der Waals surface area (Å²) in [6.07, 6.45) is 0.810. The Morgan fingerprint density at radius 3 is 2.50 bits per heavy atom. The molecule has 48 valence electrons. The van der Waals surface area contributed by atoms with Gasteiger partial charge in [-0.1, -0.05) is 6.92 Å². The maximum absolute atomic E-state index is 5.13. The molecule has 0 atom stereocenters. The normalized spacial score (nSPS) is 11.6. The summed E-state index contributed by atoms with van der Waals surface area (Å²) in [5.74, 6) is 0.745. The SMILES string of the molecule is CC/C(=N\Cl)NNC. The molecule has 0 saturated carbocycles. The maximum Gasteiger partial charge on any atom is 0.130 e. The Hall–Kier alpha value is -0.280. The Morgan fingerprint density at radius 2 is 2.38 bits per heavy atom. The molecule has 0 aliphatic rings. The molecule has 0 amide bonds. The van der Waals surface area contributed by atoms with E-state index in [0.29, 0.717) is 0 Å². The molecule has 8 heavy (non-hydrogen) atoms. The summed E-state index contributed by atoms with van der Waals surface area (Å²) in [7, 11) is 1.76. The number of nitrogens with one attached hydrogen (secondary N) is 2. The van der Waals surface area contributed by atoms with Crippen molar-refractivity contribution >= 4 is 17.6 Å². The zero-order valence-corrected chi connectivity index (χ0v) is 5.79. The van der Waals surface area contributed by atoms with Crippen LogP contribution in [0.5, 0.6) is 0 Å². The first-order chi connectivity index (χ1) is 3.85. The number of nitrogens with zero attached hydrogens (tertiary/aromatic N) is 1. The standard InChI is InChI=1S/C4H10ClN3/c1-3-4(7-5)8-6-2/h6H,3H2,1-2H3,(H,7,8). The van der Waals surface area contributed by atoms with Crippen LogP contribution in [0.15, 0.2) is 4.51 Å². The van der Waals surface area contributed by atoms with Crippen molar-refractivity contribution in [2.45, 2.75) is 13.3 Å². The summed E-state index contributed by atoms with van der Waals surface area (Å²) < 4.78 is 3.41. The molecule has 0 aromatic heterocycles. The molecular formula is C4H10ClN3. The molecule has 0 aliphatic carbocycles. The zero-order chi connectivity index (χ0) is 6.41. The molecule has 3 nitrogen and oxygen atoms in total. The lowest BCUT2D eigenvalue weighted by Crippen LogP contribution is -2.33. The molecule has 0 rings (SSSR count). The third-order valence-electron chi connectivity index (χ3n) is 0.706. The van der Waals surface area contributed by atoms with Gasteiger partial charge in [0.1, 0.15) is 5.84 Å². The molecule has 2 N–H and O–H groups in total. The molecule has 0 aliphatic heterocycles.